The lowest BCUT2D eigenvalue weighted by atomic mass is 9.90. The van der Waals surface area contributed by atoms with E-state index >= 15 is 0 Å². The summed E-state index contributed by atoms with van der Waals surface area (Å²) in [7, 11) is 0. The van der Waals surface area contributed by atoms with Crippen LogP contribution in [0.2, 0.25) is 5.02 Å². The van der Waals surface area contributed by atoms with Crippen molar-refractivity contribution >= 4 is 33.8 Å². The maximum Gasteiger partial charge on any atom is 0.228 e. The van der Waals surface area contributed by atoms with Crippen LogP contribution in [0.15, 0.2) is 24.3 Å². The Hall–Kier alpha value is -1.87. The fourth-order valence-corrected chi connectivity index (χ4v) is 6.16. The van der Waals surface area contributed by atoms with Gasteiger partial charge in [0.1, 0.15) is 11.1 Å². The average molecular weight is 470 g/mol. The summed E-state index contributed by atoms with van der Waals surface area (Å²) in [5.74, 6) is 0.859. The highest BCUT2D eigenvalue weighted by Crippen LogP contribution is 2.40. The molecule has 0 aliphatic heterocycles. The monoisotopic (exact) mass is 469 g/mol. The van der Waals surface area contributed by atoms with Crippen molar-refractivity contribution in [3.63, 3.8) is 0 Å². The molecule has 1 atom stereocenters. The molecule has 170 valence electrons. The van der Waals surface area contributed by atoms with Crippen molar-refractivity contribution in [2.24, 2.45) is 11.8 Å². The third-order valence-corrected chi connectivity index (χ3v) is 8.37. The molecule has 4 nitrogen and oxygen atoms in total. The maximum atomic E-state index is 12.7. The van der Waals surface area contributed by atoms with Crippen molar-refractivity contribution in [3.05, 3.63) is 50.9 Å². The highest BCUT2D eigenvalue weighted by atomic mass is 35.5. The lowest BCUT2D eigenvalue weighted by Gasteiger charge is -2.34. The normalized spacial score (nSPS) is 17.9. The molecule has 0 bridgehead atoms. The van der Waals surface area contributed by atoms with Crippen molar-refractivity contribution < 1.29 is 4.79 Å². The number of hydrogen-bond acceptors (Lipinski definition) is 4. The Morgan fingerprint density at radius 3 is 2.59 bits per heavy atom. The van der Waals surface area contributed by atoms with Crippen molar-refractivity contribution in [3.8, 4) is 6.07 Å². The highest BCUT2D eigenvalue weighted by Gasteiger charge is 2.33. The minimum absolute atomic E-state index is 0.00169. The van der Waals surface area contributed by atoms with E-state index in [0.29, 0.717) is 11.6 Å². The highest BCUT2D eigenvalue weighted by molar-refractivity contribution is 7.16. The van der Waals surface area contributed by atoms with E-state index in [0.717, 1.165) is 66.7 Å². The van der Waals surface area contributed by atoms with Gasteiger partial charge in [0.05, 0.1) is 5.56 Å². The number of halogens is 1. The quantitative estimate of drug-likeness (QED) is 0.461. The molecule has 1 N–H and O–H groups in total. The summed E-state index contributed by atoms with van der Waals surface area (Å²) >= 11 is 7.70. The number of rotatable bonds is 9. The zero-order chi connectivity index (χ0) is 22.7. The second-order valence-electron chi connectivity index (χ2n) is 9.22. The molecule has 32 heavy (non-hydrogen) atoms. The third kappa shape index (κ3) is 5.36. The molecule has 6 heteroatoms. The molecule has 0 spiro atoms. The number of carbonyl (C=O) groups is 1. The fraction of sp³-hybridized carbons (Fsp3) is 0.538. The van der Waals surface area contributed by atoms with Gasteiger partial charge in [0, 0.05) is 34.9 Å². The molecule has 4 rings (SSSR count). The molecule has 0 saturated heterocycles. The Kier molecular flexibility index (Phi) is 7.55. The predicted molar refractivity (Wildman–Crippen MR) is 132 cm³/mol. The molecule has 1 amide bonds. The number of nitriles is 1. The summed E-state index contributed by atoms with van der Waals surface area (Å²) in [5, 5.41) is 14.4. The minimum Gasteiger partial charge on any atom is -0.316 e. The van der Waals surface area contributed by atoms with Crippen molar-refractivity contribution in [2.45, 2.75) is 71.4 Å². The van der Waals surface area contributed by atoms with Gasteiger partial charge in [-0.1, -0.05) is 37.6 Å². The largest absolute Gasteiger partial charge is 0.316 e. The number of carbonyl (C=O) groups excluding carboxylic acids is 1. The predicted octanol–water partition coefficient (Wildman–Crippen LogP) is 6.42. The van der Waals surface area contributed by atoms with Crippen LogP contribution in [-0.4, -0.2) is 23.4 Å². The molecule has 1 heterocycles. The van der Waals surface area contributed by atoms with Crippen LogP contribution in [0.3, 0.4) is 0 Å². The number of nitrogens with zero attached hydrogens (tertiary/aromatic N) is 2. The first kappa shape index (κ1) is 23.3. The summed E-state index contributed by atoms with van der Waals surface area (Å²) in [4.78, 5) is 16.6. The first-order valence-electron chi connectivity index (χ1n) is 11.9. The molecule has 1 aromatic carbocycles. The van der Waals surface area contributed by atoms with Gasteiger partial charge in [-0.3, -0.25) is 9.69 Å². The van der Waals surface area contributed by atoms with E-state index in [4.69, 9.17) is 11.6 Å². The minimum atomic E-state index is 0.00169. The molecule has 2 aliphatic rings. The lowest BCUT2D eigenvalue weighted by molar-refractivity contribution is -0.120. The van der Waals surface area contributed by atoms with E-state index in [2.05, 4.69) is 28.4 Å². The SMILES string of the molecule is CCC(CC)C(=O)Nc1sc2c(c1C#N)CCC(N(Cc1ccc(Cl)cc1)CC1CC1)C2. The van der Waals surface area contributed by atoms with Crippen LogP contribution >= 0.6 is 22.9 Å². The first-order chi connectivity index (χ1) is 15.5. The van der Waals surface area contributed by atoms with Gasteiger partial charge in [0.25, 0.3) is 0 Å². The van der Waals surface area contributed by atoms with Gasteiger partial charge in [0.2, 0.25) is 5.91 Å². The van der Waals surface area contributed by atoms with Crippen LogP contribution in [-0.2, 0) is 24.2 Å². The molecule has 1 saturated carbocycles. The van der Waals surface area contributed by atoms with E-state index in [-0.39, 0.29) is 11.8 Å². The number of fused-ring (bicyclic) bond motifs is 1. The van der Waals surface area contributed by atoms with Crippen molar-refractivity contribution in [1.82, 2.24) is 4.90 Å². The van der Waals surface area contributed by atoms with Crippen molar-refractivity contribution in [2.75, 3.05) is 11.9 Å². The van der Waals surface area contributed by atoms with Crippen LogP contribution in [0.4, 0.5) is 5.00 Å². The smallest absolute Gasteiger partial charge is 0.228 e. The van der Waals surface area contributed by atoms with Gasteiger partial charge in [-0.15, -0.1) is 11.3 Å². The Balaban J connectivity index is 1.52. The van der Waals surface area contributed by atoms with Crippen LogP contribution < -0.4 is 5.32 Å². The van der Waals surface area contributed by atoms with E-state index < -0.39 is 0 Å². The van der Waals surface area contributed by atoms with Gasteiger partial charge in [-0.25, -0.2) is 0 Å². The van der Waals surface area contributed by atoms with Gasteiger partial charge >= 0.3 is 0 Å². The number of benzene rings is 1. The zero-order valence-corrected chi connectivity index (χ0v) is 20.6. The third-order valence-electron chi connectivity index (χ3n) is 6.95. The summed E-state index contributed by atoms with van der Waals surface area (Å²) < 4.78 is 0. The second kappa shape index (κ2) is 10.4. The number of thiophene rings is 1. The van der Waals surface area contributed by atoms with Crippen molar-refractivity contribution in [1.29, 1.82) is 5.26 Å². The van der Waals surface area contributed by atoms with Crippen LogP contribution in [0, 0.1) is 23.2 Å². The molecule has 0 radical (unpaired) electrons. The zero-order valence-electron chi connectivity index (χ0n) is 19.0. The molecule has 2 aromatic rings. The Labute approximate surface area is 200 Å². The van der Waals surface area contributed by atoms with E-state index in [9.17, 15) is 10.1 Å². The van der Waals surface area contributed by atoms with Gasteiger partial charge in [-0.2, -0.15) is 5.26 Å². The standard InChI is InChI=1S/C26H32ClN3OS/c1-3-19(4-2)25(31)29-26-23(14-28)22-12-11-21(13-24(22)32-26)30(15-17-5-6-17)16-18-7-9-20(27)10-8-18/h7-10,17,19,21H,3-6,11-13,15-16H2,1-2H3,(H,29,31). The van der Waals surface area contributed by atoms with Gasteiger partial charge in [0.15, 0.2) is 0 Å². The second-order valence-corrected chi connectivity index (χ2v) is 10.8. The van der Waals surface area contributed by atoms with E-state index in [1.807, 2.05) is 26.0 Å². The molecule has 1 fully saturated rings. The number of amides is 1. The van der Waals surface area contributed by atoms with Gasteiger partial charge in [-0.05, 0) is 74.1 Å². The summed E-state index contributed by atoms with van der Waals surface area (Å²) in [6.45, 7) is 6.15. The van der Waals surface area contributed by atoms with E-state index in [1.165, 1.54) is 23.3 Å². The topological polar surface area (TPSA) is 56.1 Å². The van der Waals surface area contributed by atoms with Crippen LogP contribution in [0.1, 0.15) is 67.5 Å². The number of anilines is 1. The van der Waals surface area contributed by atoms with Crippen LogP contribution in [0.25, 0.3) is 0 Å². The average Bonchev–Trinajstić information content (AvgIpc) is 3.54. The maximum absolute atomic E-state index is 12.7. The molecule has 2 aliphatic carbocycles. The summed E-state index contributed by atoms with van der Waals surface area (Å²) in [5.41, 5.74) is 3.14. The molecular formula is C26H32ClN3OS. The van der Waals surface area contributed by atoms with Crippen LogP contribution in [0.5, 0.6) is 0 Å². The van der Waals surface area contributed by atoms with E-state index in [1.54, 1.807) is 11.3 Å². The molecule has 1 unspecified atom stereocenters. The molecular weight excluding hydrogens is 438 g/mol. The number of nitrogens with one attached hydrogen (secondary N) is 1. The van der Waals surface area contributed by atoms with Gasteiger partial charge < -0.3 is 5.32 Å². The summed E-state index contributed by atoms with van der Waals surface area (Å²) in [6, 6.07) is 11.0. The Morgan fingerprint density at radius 2 is 1.97 bits per heavy atom. The number of hydrogen-bond donors (Lipinski definition) is 1. The lowest BCUT2D eigenvalue weighted by Crippen LogP contribution is -2.39. The Morgan fingerprint density at radius 1 is 1.25 bits per heavy atom. The first-order valence-corrected chi connectivity index (χ1v) is 13.1. The fourth-order valence-electron chi connectivity index (χ4n) is 4.76. The summed E-state index contributed by atoms with van der Waals surface area (Å²) in [6.07, 6.45) is 7.21. The Bertz CT molecular complexity index is 986. The molecule has 1 aromatic heterocycles.